The van der Waals surface area contributed by atoms with Gasteiger partial charge in [0, 0.05) is 12.2 Å². The highest BCUT2D eigenvalue weighted by Gasteiger charge is 2.19. The summed E-state index contributed by atoms with van der Waals surface area (Å²) in [7, 11) is 0. The van der Waals surface area contributed by atoms with Crippen molar-refractivity contribution in [2.24, 2.45) is 0 Å². The van der Waals surface area contributed by atoms with Crippen molar-refractivity contribution >= 4 is 21.6 Å². The Morgan fingerprint density at radius 1 is 1.29 bits per heavy atom. The molecule has 0 amide bonds. The van der Waals surface area contributed by atoms with Crippen molar-refractivity contribution < 1.29 is 0 Å². The molecule has 0 radical (unpaired) electrons. The first kappa shape index (κ1) is 13.0. The van der Waals surface area contributed by atoms with Crippen LogP contribution in [0.1, 0.15) is 24.8 Å². The Bertz CT molecular complexity index is 708. The minimum Gasteiger partial charge on any atom is -0.314 e. The summed E-state index contributed by atoms with van der Waals surface area (Å²) in [5, 5.41) is 8.94. The maximum atomic E-state index is 4.63. The van der Waals surface area contributed by atoms with Gasteiger partial charge in [-0.25, -0.2) is 9.67 Å². The van der Waals surface area contributed by atoms with E-state index in [9.17, 15) is 0 Å². The van der Waals surface area contributed by atoms with Crippen LogP contribution in [0.2, 0.25) is 0 Å². The van der Waals surface area contributed by atoms with Crippen LogP contribution in [0.25, 0.3) is 15.3 Å². The van der Waals surface area contributed by atoms with Crippen LogP contribution in [-0.2, 0) is 6.42 Å². The zero-order valence-electron chi connectivity index (χ0n) is 11.8. The van der Waals surface area contributed by atoms with Gasteiger partial charge in [0.2, 0.25) is 5.13 Å². The van der Waals surface area contributed by atoms with E-state index in [1.165, 1.54) is 29.5 Å². The molecule has 21 heavy (non-hydrogen) atoms. The van der Waals surface area contributed by atoms with Crippen LogP contribution in [-0.4, -0.2) is 27.4 Å². The third-order valence-electron chi connectivity index (χ3n) is 3.77. The smallest absolute Gasteiger partial charge is 0.211 e. The van der Waals surface area contributed by atoms with Gasteiger partial charge in [0.25, 0.3) is 0 Å². The minimum atomic E-state index is 0.801. The molecule has 5 heteroatoms. The molecule has 0 spiro atoms. The Labute approximate surface area is 127 Å². The molecule has 0 unspecified atom stereocenters. The second kappa shape index (κ2) is 5.58. The van der Waals surface area contributed by atoms with Crippen LogP contribution in [0, 0.1) is 0 Å². The van der Waals surface area contributed by atoms with Gasteiger partial charge in [0.1, 0.15) is 0 Å². The summed E-state index contributed by atoms with van der Waals surface area (Å²) in [6, 6.07) is 9.02. The van der Waals surface area contributed by atoms with E-state index in [0.717, 1.165) is 29.7 Å². The van der Waals surface area contributed by atoms with Crippen molar-refractivity contribution in [2.75, 3.05) is 6.54 Å². The summed E-state index contributed by atoms with van der Waals surface area (Å²) in [4.78, 5) is 4.63. The first-order valence-electron chi connectivity index (χ1n) is 7.51. The standard InChI is InChI=1S/C16H18N4S/c1-2-6-15-14(5-1)19-16(21-15)20-11-12(10-18-20)4-3-9-17-13-7-8-13/h1-2,5-6,10-11,13,17H,3-4,7-9H2. The highest BCUT2D eigenvalue weighted by atomic mass is 32.1. The number of thiazole rings is 1. The van der Waals surface area contributed by atoms with Crippen molar-refractivity contribution in [3.8, 4) is 5.13 Å². The number of hydrogen-bond acceptors (Lipinski definition) is 4. The molecule has 2 aromatic heterocycles. The summed E-state index contributed by atoms with van der Waals surface area (Å²) in [6.07, 6.45) is 9.02. The maximum absolute atomic E-state index is 4.63. The lowest BCUT2D eigenvalue weighted by atomic mass is 10.2. The molecular weight excluding hydrogens is 280 g/mol. The Kier molecular flexibility index (Phi) is 3.45. The second-order valence-electron chi connectivity index (χ2n) is 5.59. The lowest BCUT2D eigenvalue weighted by Crippen LogP contribution is -2.17. The minimum absolute atomic E-state index is 0.801. The molecule has 0 atom stereocenters. The van der Waals surface area contributed by atoms with E-state index in [1.807, 2.05) is 29.1 Å². The highest BCUT2D eigenvalue weighted by molar-refractivity contribution is 7.20. The van der Waals surface area contributed by atoms with Crippen LogP contribution < -0.4 is 5.32 Å². The Morgan fingerprint density at radius 3 is 3.05 bits per heavy atom. The Morgan fingerprint density at radius 2 is 2.19 bits per heavy atom. The van der Waals surface area contributed by atoms with Crippen molar-refractivity contribution in [3.05, 3.63) is 42.2 Å². The average molecular weight is 298 g/mol. The Balaban J connectivity index is 1.42. The van der Waals surface area contributed by atoms with Crippen molar-refractivity contribution in [1.82, 2.24) is 20.1 Å². The fourth-order valence-corrected chi connectivity index (χ4v) is 3.34. The lowest BCUT2D eigenvalue weighted by Gasteiger charge is -2.00. The van der Waals surface area contributed by atoms with Crippen LogP contribution in [0.5, 0.6) is 0 Å². The number of fused-ring (bicyclic) bond motifs is 1. The second-order valence-corrected chi connectivity index (χ2v) is 6.60. The molecule has 1 saturated carbocycles. The number of benzene rings is 1. The van der Waals surface area contributed by atoms with Gasteiger partial charge >= 0.3 is 0 Å². The van der Waals surface area contributed by atoms with E-state index < -0.39 is 0 Å². The molecule has 2 heterocycles. The molecule has 0 saturated heterocycles. The van der Waals surface area contributed by atoms with E-state index >= 15 is 0 Å². The Hall–Kier alpha value is -1.72. The van der Waals surface area contributed by atoms with Crippen LogP contribution in [0.3, 0.4) is 0 Å². The summed E-state index contributed by atoms with van der Waals surface area (Å²) in [6.45, 7) is 1.11. The largest absolute Gasteiger partial charge is 0.314 e. The van der Waals surface area contributed by atoms with Gasteiger partial charge in [-0.3, -0.25) is 0 Å². The molecule has 0 bridgehead atoms. The molecule has 1 N–H and O–H groups in total. The first-order valence-corrected chi connectivity index (χ1v) is 8.33. The SMILES string of the molecule is c1ccc2sc(-n3cc(CCCNC4CC4)cn3)nc2c1. The molecule has 108 valence electrons. The quantitative estimate of drug-likeness (QED) is 0.711. The van der Waals surface area contributed by atoms with E-state index in [4.69, 9.17) is 0 Å². The molecule has 1 fully saturated rings. The molecule has 1 aromatic carbocycles. The van der Waals surface area contributed by atoms with E-state index in [-0.39, 0.29) is 0 Å². The number of nitrogens with one attached hydrogen (secondary N) is 1. The zero-order chi connectivity index (χ0) is 14.1. The predicted octanol–water partition coefficient (Wildman–Crippen LogP) is 3.17. The third-order valence-corrected chi connectivity index (χ3v) is 4.79. The van der Waals surface area contributed by atoms with Gasteiger partial charge in [0.15, 0.2) is 0 Å². The summed E-state index contributed by atoms with van der Waals surface area (Å²) in [5.41, 5.74) is 2.33. The molecular formula is C16H18N4S. The fraction of sp³-hybridized carbons (Fsp3) is 0.375. The van der Waals surface area contributed by atoms with Crippen LogP contribution in [0.15, 0.2) is 36.7 Å². The zero-order valence-corrected chi connectivity index (χ0v) is 12.6. The van der Waals surface area contributed by atoms with Gasteiger partial charge in [-0.1, -0.05) is 23.5 Å². The molecule has 3 aromatic rings. The van der Waals surface area contributed by atoms with Crippen molar-refractivity contribution in [1.29, 1.82) is 0 Å². The summed E-state index contributed by atoms with van der Waals surface area (Å²) in [5.74, 6) is 0. The normalized spacial score (nSPS) is 14.9. The number of hydrogen-bond donors (Lipinski definition) is 1. The maximum Gasteiger partial charge on any atom is 0.211 e. The molecule has 1 aliphatic carbocycles. The lowest BCUT2D eigenvalue weighted by molar-refractivity contribution is 0.645. The highest BCUT2D eigenvalue weighted by Crippen LogP contribution is 2.24. The van der Waals surface area contributed by atoms with Crippen LogP contribution >= 0.6 is 11.3 Å². The average Bonchev–Trinajstić information content (AvgIpc) is 3.04. The van der Waals surface area contributed by atoms with Gasteiger partial charge in [0.05, 0.1) is 16.4 Å². The van der Waals surface area contributed by atoms with Gasteiger partial charge in [-0.15, -0.1) is 0 Å². The fourth-order valence-electron chi connectivity index (χ4n) is 2.44. The number of nitrogens with zero attached hydrogens (tertiary/aromatic N) is 3. The van der Waals surface area contributed by atoms with E-state index in [2.05, 4.69) is 27.7 Å². The number of aromatic nitrogens is 3. The van der Waals surface area contributed by atoms with Crippen molar-refractivity contribution in [2.45, 2.75) is 31.7 Å². The van der Waals surface area contributed by atoms with Gasteiger partial charge < -0.3 is 5.32 Å². The number of aryl methyl sites for hydroxylation is 1. The number of para-hydroxylation sites is 1. The molecule has 0 aliphatic heterocycles. The van der Waals surface area contributed by atoms with Gasteiger partial charge in [-0.05, 0) is 49.9 Å². The molecule has 4 rings (SSSR count). The monoisotopic (exact) mass is 298 g/mol. The molecule has 1 aliphatic rings. The summed E-state index contributed by atoms with van der Waals surface area (Å²) < 4.78 is 3.10. The van der Waals surface area contributed by atoms with Crippen LogP contribution in [0.4, 0.5) is 0 Å². The van der Waals surface area contributed by atoms with E-state index in [1.54, 1.807) is 11.3 Å². The predicted molar refractivity (Wildman–Crippen MR) is 86.1 cm³/mol. The third kappa shape index (κ3) is 2.99. The van der Waals surface area contributed by atoms with Gasteiger partial charge in [-0.2, -0.15) is 5.10 Å². The van der Waals surface area contributed by atoms with E-state index in [0.29, 0.717) is 0 Å². The topological polar surface area (TPSA) is 42.7 Å². The molecule has 4 nitrogen and oxygen atoms in total. The number of rotatable bonds is 6. The van der Waals surface area contributed by atoms with Crippen molar-refractivity contribution in [3.63, 3.8) is 0 Å². The first-order chi connectivity index (χ1) is 10.4. The summed E-state index contributed by atoms with van der Waals surface area (Å²) >= 11 is 1.68.